The van der Waals surface area contributed by atoms with Crippen molar-refractivity contribution < 1.29 is 9.31 Å². The van der Waals surface area contributed by atoms with Gasteiger partial charge in [-0.1, -0.05) is 72.8 Å². The third-order valence-electron chi connectivity index (χ3n) is 8.93. The van der Waals surface area contributed by atoms with Gasteiger partial charge >= 0.3 is 7.12 Å². The summed E-state index contributed by atoms with van der Waals surface area (Å²) in [6, 6.07) is 26.2. The quantitative estimate of drug-likeness (QED) is 0.141. The van der Waals surface area contributed by atoms with Crippen LogP contribution in [0.25, 0.3) is 48.9 Å². The van der Waals surface area contributed by atoms with Crippen LogP contribution in [0.1, 0.15) is 33.3 Å². The Kier molecular flexibility index (Phi) is 8.08. The summed E-state index contributed by atoms with van der Waals surface area (Å²) in [4.78, 5) is 3.85. The molecular weight excluding hydrogens is 639 g/mol. The first-order chi connectivity index (χ1) is 22.0. The standard InChI is InChI=1S/C21H22BN3O2.C15H10BrN3/c1-20(2)21(3,4)27-22(26-20)17-13-24-25(6)19(17)16-12-11-14-9-7-8-10-15(14)18(16)23-5;1-19-15(14(16)9-18-19)12-7-6-10-4-2-3-5-11(10)13(12)8-17/h7-13H,1-4,6H3;2-7,9H,1H3. The Balaban J connectivity index is 0.000000172. The van der Waals surface area contributed by atoms with E-state index in [0.29, 0.717) is 11.3 Å². The first-order valence-electron chi connectivity index (χ1n) is 14.8. The lowest BCUT2D eigenvalue weighted by molar-refractivity contribution is 0.00578. The Morgan fingerprint density at radius 1 is 0.783 bits per heavy atom. The lowest BCUT2D eigenvalue weighted by Crippen LogP contribution is -2.41. The molecule has 10 heteroatoms. The molecule has 1 saturated heterocycles. The van der Waals surface area contributed by atoms with Crippen molar-refractivity contribution in [3.05, 3.63) is 107 Å². The van der Waals surface area contributed by atoms with Crippen molar-refractivity contribution in [3.63, 3.8) is 0 Å². The summed E-state index contributed by atoms with van der Waals surface area (Å²) < 4.78 is 16.9. The van der Waals surface area contributed by atoms with Gasteiger partial charge in [-0.05, 0) is 59.8 Å². The number of benzene rings is 4. The Hall–Kier alpha value is -4.74. The smallest absolute Gasteiger partial charge is 0.399 e. The van der Waals surface area contributed by atoms with Crippen LogP contribution in [0.15, 0.2) is 89.7 Å². The molecule has 1 aliphatic rings. The molecular formula is C36H32BBrN6O2. The number of aromatic nitrogens is 4. The molecule has 3 heterocycles. The zero-order valence-electron chi connectivity index (χ0n) is 26.5. The van der Waals surface area contributed by atoms with Crippen LogP contribution < -0.4 is 5.46 Å². The molecule has 1 fully saturated rings. The third-order valence-corrected chi connectivity index (χ3v) is 9.51. The maximum atomic E-state index is 9.50. The average molecular weight is 671 g/mol. The minimum absolute atomic E-state index is 0.434. The predicted molar refractivity (Wildman–Crippen MR) is 187 cm³/mol. The Morgan fingerprint density at radius 2 is 1.33 bits per heavy atom. The third kappa shape index (κ3) is 5.29. The van der Waals surface area contributed by atoms with E-state index in [2.05, 4.69) is 37.0 Å². The van der Waals surface area contributed by atoms with Crippen molar-refractivity contribution in [2.75, 3.05) is 0 Å². The Bertz CT molecular complexity index is 2170. The summed E-state index contributed by atoms with van der Waals surface area (Å²) in [5.74, 6) is 0. The highest BCUT2D eigenvalue weighted by Crippen LogP contribution is 2.40. The Labute approximate surface area is 277 Å². The molecule has 0 radical (unpaired) electrons. The average Bonchev–Trinajstić information content (AvgIpc) is 3.66. The number of hydrogen-bond donors (Lipinski definition) is 0. The van der Waals surface area contributed by atoms with Gasteiger partial charge in [0.1, 0.15) is 6.07 Å². The molecule has 1 aliphatic heterocycles. The molecule has 7 rings (SSSR count). The van der Waals surface area contributed by atoms with Gasteiger partial charge < -0.3 is 9.31 Å². The molecule has 0 aliphatic carbocycles. The highest BCUT2D eigenvalue weighted by atomic mass is 79.9. The maximum absolute atomic E-state index is 9.50. The fourth-order valence-electron chi connectivity index (χ4n) is 5.80. The van der Waals surface area contributed by atoms with Crippen LogP contribution in [0.3, 0.4) is 0 Å². The minimum Gasteiger partial charge on any atom is -0.399 e. The van der Waals surface area contributed by atoms with E-state index in [1.54, 1.807) is 21.8 Å². The molecule has 6 aromatic rings. The summed E-state index contributed by atoms with van der Waals surface area (Å²) in [7, 11) is 3.23. The van der Waals surface area contributed by atoms with Crippen LogP contribution in [0, 0.1) is 17.9 Å². The van der Waals surface area contributed by atoms with E-state index in [4.69, 9.17) is 15.9 Å². The summed E-state index contributed by atoms with van der Waals surface area (Å²) in [6.45, 7) is 15.9. The largest absolute Gasteiger partial charge is 0.498 e. The van der Waals surface area contributed by atoms with Gasteiger partial charge in [-0.3, -0.25) is 9.36 Å². The highest BCUT2D eigenvalue weighted by Gasteiger charge is 2.53. The van der Waals surface area contributed by atoms with Gasteiger partial charge in [0.2, 0.25) is 5.69 Å². The van der Waals surface area contributed by atoms with E-state index in [9.17, 15) is 5.26 Å². The van der Waals surface area contributed by atoms with Crippen molar-refractivity contribution in [1.29, 1.82) is 5.26 Å². The molecule has 0 unspecified atom stereocenters. The van der Waals surface area contributed by atoms with E-state index >= 15 is 0 Å². The fraction of sp³-hybridized carbons (Fsp3) is 0.222. The van der Waals surface area contributed by atoms with Gasteiger partial charge in [0, 0.05) is 42.3 Å². The summed E-state index contributed by atoms with van der Waals surface area (Å²) in [6.07, 6.45) is 3.52. The second-order valence-corrected chi connectivity index (χ2v) is 13.1. The van der Waals surface area contributed by atoms with Crippen molar-refractivity contribution in [1.82, 2.24) is 19.6 Å². The zero-order valence-corrected chi connectivity index (χ0v) is 28.1. The molecule has 8 nitrogen and oxygen atoms in total. The van der Waals surface area contributed by atoms with Gasteiger partial charge in [0.15, 0.2) is 0 Å². The van der Waals surface area contributed by atoms with Crippen LogP contribution in [0.4, 0.5) is 5.69 Å². The van der Waals surface area contributed by atoms with Crippen molar-refractivity contribution in [2.24, 2.45) is 14.1 Å². The van der Waals surface area contributed by atoms with Crippen LogP contribution in [0.2, 0.25) is 0 Å². The van der Waals surface area contributed by atoms with Gasteiger partial charge in [-0.25, -0.2) is 4.85 Å². The van der Waals surface area contributed by atoms with Gasteiger partial charge in [-0.2, -0.15) is 15.5 Å². The lowest BCUT2D eigenvalue weighted by atomic mass is 9.77. The number of nitrogens with zero attached hydrogens (tertiary/aromatic N) is 6. The SMILES string of the molecule is Cn1ncc(Br)c1-c1ccc2ccccc2c1C#N.[C-]#[N+]c1c(-c2c(B3OC(C)(C)C(C)(C)O3)cnn2C)ccc2ccccc12. The first kappa shape index (κ1) is 31.3. The highest BCUT2D eigenvalue weighted by molar-refractivity contribution is 9.10. The summed E-state index contributed by atoms with van der Waals surface area (Å²) >= 11 is 3.49. The molecule has 2 aromatic heterocycles. The number of aryl methyl sites for hydroxylation is 2. The number of nitriles is 1. The topological polar surface area (TPSA) is 82.2 Å². The van der Waals surface area contributed by atoms with Crippen LogP contribution in [0.5, 0.6) is 0 Å². The van der Waals surface area contributed by atoms with Crippen LogP contribution in [-0.4, -0.2) is 37.9 Å². The van der Waals surface area contributed by atoms with Crippen molar-refractivity contribution in [3.8, 4) is 28.6 Å². The minimum atomic E-state index is -0.524. The molecule has 0 spiro atoms. The fourth-order valence-corrected chi connectivity index (χ4v) is 6.36. The molecule has 0 atom stereocenters. The van der Waals surface area contributed by atoms with E-state index in [-0.39, 0.29) is 0 Å². The zero-order chi connectivity index (χ0) is 32.8. The predicted octanol–water partition coefficient (Wildman–Crippen LogP) is 7.96. The number of halogens is 1. The van der Waals surface area contributed by atoms with Gasteiger partial charge in [0.25, 0.3) is 0 Å². The monoisotopic (exact) mass is 670 g/mol. The normalized spacial score (nSPS) is 14.9. The Morgan fingerprint density at radius 3 is 1.91 bits per heavy atom. The van der Waals surface area contributed by atoms with Gasteiger partial charge in [0.05, 0.1) is 45.4 Å². The molecule has 0 bridgehead atoms. The lowest BCUT2D eigenvalue weighted by Gasteiger charge is -2.32. The van der Waals surface area contributed by atoms with Crippen LogP contribution >= 0.6 is 15.9 Å². The van der Waals surface area contributed by atoms with E-state index in [0.717, 1.165) is 54.0 Å². The number of rotatable bonds is 3. The molecule has 0 N–H and O–H groups in total. The summed E-state index contributed by atoms with van der Waals surface area (Å²) in [5, 5.41) is 22.2. The maximum Gasteiger partial charge on any atom is 0.498 e. The van der Waals surface area contributed by atoms with E-state index < -0.39 is 18.3 Å². The second-order valence-electron chi connectivity index (χ2n) is 12.2. The van der Waals surface area contributed by atoms with Crippen molar-refractivity contribution >= 4 is 55.7 Å². The molecule has 0 saturated carbocycles. The molecule has 0 amide bonds. The van der Waals surface area contributed by atoms with E-state index in [1.165, 1.54) is 0 Å². The first-order valence-corrected chi connectivity index (χ1v) is 15.6. The summed E-state index contributed by atoms with van der Waals surface area (Å²) in [5.41, 5.74) is 4.79. The van der Waals surface area contributed by atoms with E-state index in [1.807, 2.05) is 115 Å². The molecule has 46 heavy (non-hydrogen) atoms. The number of fused-ring (bicyclic) bond motifs is 2. The number of hydrogen-bond acceptors (Lipinski definition) is 5. The molecule has 228 valence electrons. The van der Waals surface area contributed by atoms with Crippen LogP contribution in [-0.2, 0) is 23.4 Å². The van der Waals surface area contributed by atoms with Crippen molar-refractivity contribution in [2.45, 2.75) is 38.9 Å². The second kappa shape index (κ2) is 11.9. The molecule has 4 aromatic carbocycles. The van der Waals surface area contributed by atoms with Gasteiger partial charge in [-0.15, -0.1) is 0 Å².